The van der Waals surface area contributed by atoms with Crippen molar-refractivity contribution in [1.82, 2.24) is 19.4 Å². The van der Waals surface area contributed by atoms with Crippen molar-refractivity contribution in [1.29, 1.82) is 0 Å². The summed E-state index contributed by atoms with van der Waals surface area (Å²) < 4.78 is 2.07. The second-order valence-corrected chi connectivity index (χ2v) is 9.35. The van der Waals surface area contributed by atoms with E-state index in [4.69, 9.17) is 0 Å². The van der Waals surface area contributed by atoms with Crippen LogP contribution in [0.1, 0.15) is 28.8 Å². The fraction of sp³-hybridized carbons (Fsp3) is 0.214. The van der Waals surface area contributed by atoms with Crippen molar-refractivity contribution < 1.29 is 9.59 Å². The number of carbonyl (C=O) groups is 2. The van der Waals surface area contributed by atoms with E-state index in [0.29, 0.717) is 23.8 Å². The zero-order chi connectivity index (χ0) is 25.0. The highest BCUT2D eigenvalue weighted by molar-refractivity contribution is 6.10. The molecule has 2 aromatic carbocycles. The lowest BCUT2D eigenvalue weighted by molar-refractivity contribution is -0.111. The minimum atomic E-state index is -0.253. The molecule has 4 aromatic rings. The average molecular weight is 479 g/mol. The summed E-state index contributed by atoms with van der Waals surface area (Å²) in [6.07, 6.45) is 4.97. The van der Waals surface area contributed by atoms with Gasteiger partial charge in [0.05, 0.1) is 11.1 Å². The number of benzene rings is 2. The molecule has 3 heterocycles. The second-order valence-electron chi connectivity index (χ2n) is 9.35. The first-order valence-corrected chi connectivity index (χ1v) is 12.0. The van der Waals surface area contributed by atoms with Crippen LogP contribution in [0.4, 0.5) is 11.5 Å². The lowest BCUT2D eigenvalue weighted by Gasteiger charge is -2.18. The molecule has 6 rings (SSSR count). The Morgan fingerprint density at radius 2 is 1.94 bits per heavy atom. The van der Waals surface area contributed by atoms with Gasteiger partial charge in [-0.25, -0.2) is 9.97 Å². The molecule has 0 saturated heterocycles. The molecule has 2 amide bonds. The summed E-state index contributed by atoms with van der Waals surface area (Å²) in [5, 5.41) is 7.20. The van der Waals surface area contributed by atoms with Gasteiger partial charge in [-0.05, 0) is 59.9 Å². The Bertz CT molecular complexity index is 1550. The largest absolute Gasteiger partial charge is 0.365 e. The predicted molar refractivity (Wildman–Crippen MR) is 141 cm³/mol. The van der Waals surface area contributed by atoms with E-state index in [1.807, 2.05) is 61.5 Å². The maximum atomic E-state index is 13.1. The number of carbonyl (C=O) groups excluding carboxylic acids is 2. The van der Waals surface area contributed by atoms with Crippen LogP contribution in [0.25, 0.3) is 33.4 Å². The molecule has 8 heteroatoms. The Kier molecular flexibility index (Phi) is 5.10. The third-order valence-corrected chi connectivity index (χ3v) is 7.06. The molecular formula is C28H26N6O2. The van der Waals surface area contributed by atoms with Crippen LogP contribution >= 0.6 is 0 Å². The van der Waals surface area contributed by atoms with Gasteiger partial charge in [-0.2, -0.15) is 0 Å². The van der Waals surface area contributed by atoms with Crippen LogP contribution in [0.2, 0.25) is 0 Å². The highest BCUT2D eigenvalue weighted by Gasteiger charge is 2.31. The van der Waals surface area contributed by atoms with Crippen molar-refractivity contribution in [2.75, 3.05) is 17.7 Å². The first kappa shape index (κ1) is 22.0. The molecule has 0 unspecified atom stereocenters. The predicted octanol–water partition coefficient (Wildman–Crippen LogP) is 4.59. The van der Waals surface area contributed by atoms with Crippen LogP contribution in [0.15, 0.2) is 61.4 Å². The van der Waals surface area contributed by atoms with E-state index in [2.05, 4.69) is 31.7 Å². The molecule has 0 spiro atoms. The minimum Gasteiger partial charge on any atom is -0.365 e. The van der Waals surface area contributed by atoms with Gasteiger partial charge >= 0.3 is 0 Å². The topological polar surface area (TPSA) is 92.1 Å². The maximum Gasteiger partial charge on any atom is 0.253 e. The molecular weight excluding hydrogens is 452 g/mol. The van der Waals surface area contributed by atoms with Crippen molar-refractivity contribution in [3.8, 4) is 22.4 Å². The number of aromatic nitrogens is 3. The molecule has 36 heavy (non-hydrogen) atoms. The van der Waals surface area contributed by atoms with Crippen molar-refractivity contribution >= 4 is 34.4 Å². The van der Waals surface area contributed by atoms with Gasteiger partial charge < -0.3 is 20.1 Å². The first-order valence-electron chi connectivity index (χ1n) is 12.0. The van der Waals surface area contributed by atoms with Gasteiger partial charge in [0.25, 0.3) is 5.91 Å². The highest BCUT2D eigenvalue weighted by atomic mass is 16.2. The van der Waals surface area contributed by atoms with Crippen molar-refractivity contribution in [3.63, 3.8) is 0 Å². The number of amides is 2. The van der Waals surface area contributed by atoms with Gasteiger partial charge in [-0.15, -0.1) is 0 Å². The SMILES string of the molecule is C=CC(=O)Nc1ccc(-c2c3c4c(ncnc4n2C)NCc2cc(C(=O)N(C)C4CC4)ccc2-3)cc1. The van der Waals surface area contributed by atoms with Gasteiger partial charge in [0.15, 0.2) is 0 Å². The van der Waals surface area contributed by atoms with E-state index < -0.39 is 0 Å². The number of aryl methyl sites for hydroxylation is 1. The Labute approximate surface area is 208 Å². The van der Waals surface area contributed by atoms with Gasteiger partial charge in [-0.1, -0.05) is 24.8 Å². The van der Waals surface area contributed by atoms with Crippen molar-refractivity contribution in [2.24, 2.45) is 7.05 Å². The van der Waals surface area contributed by atoms with Crippen LogP contribution < -0.4 is 10.6 Å². The Balaban J connectivity index is 1.50. The number of fused-ring (bicyclic) bond motifs is 2. The highest BCUT2D eigenvalue weighted by Crippen LogP contribution is 2.45. The van der Waals surface area contributed by atoms with Crippen LogP contribution in [0.3, 0.4) is 0 Å². The van der Waals surface area contributed by atoms with E-state index in [1.165, 1.54) is 6.08 Å². The third kappa shape index (κ3) is 3.53. The van der Waals surface area contributed by atoms with Crippen molar-refractivity contribution in [3.05, 3.63) is 72.6 Å². The fourth-order valence-corrected chi connectivity index (χ4v) is 5.02. The molecule has 2 aliphatic rings. The normalized spacial score (nSPS) is 13.9. The number of anilines is 2. The lowest BCUT2D eigenvalue weighted by atomic mass is 9.94. The minimum absolute atomic E-state index is 0.0532. The lowest BCUT2D eigenvalue weighted by Crippen LogP contribution is -2.28. The molecule has 2 N–H and O–H groups in total. The van der Waals surface area contributed by atoms with Gasteiger partial charge in [0.1, 0.15) is 17.8 Å². The standard InChI is InChI=1S/C28H26N6O2/c1-4-22(35)32-19-8-5-16(6-9-19)25-23-21-12-7-17(28(36)33(2)20-10-11-20)13-18(21)14-29-26-24(23)27(34(25)3)31-15-30-26/h4-9,12-13,15,20H,1,10-11,14H2,2-3H3,(H,32,35)(H,29,30,31). The molecule has 8 nitrogen and oxygen atoms in total. The summed E-state index contributed by atoms with van der Waals surface area (Å²) in [5.41, 5.74) is 7.29. The number of rotatable bonds is 5. The molecule has 2 aromatic heterocycles. The van der Waals surface area contributed by atoms with Crippen LogP contribution in [0, 0.1) is 0 Å². The zero-order valence-corrected chi connectivity index (χ0v) is 20.2. The maximum absolute atomic E-state index is 13.1. The van der Waals surface area contributed by atoms with Crippen molar-refractivity contribution in [2.45, 2.75) is 25.4 Å². The number of nitrogens with zero attached hydrogens (tertiary/aromatic N) is 4. The molecule has 1 aliphatic carbocycles. The third-order valence-electron chi connectivity index (χ3n) is 7.06. The van der Waals surface area contributed by atoms with E-state index in [9.17, 15) is 9.59 Å². The summed E-state index contributed by atoms with van der Waals surface area (Å²) in [6.45, 7) is 4.06. The summed E-state index contributed by atoms with van der Waals surface area (Å²) in [5.74, 6) is 0.569. The summed E-state index contributed by atoms with van der Waals surface area (Å²) in [6, 6.07) is 14.0. The summed E-state index contributed by atoms with van der Waals surface area (Å²) >= 11 is 0. The second kappa shape index (κ2) is 8.34. The van der Waals surface area contributed by atoms with Gasteiger partial charge in [0, 0.05) is 43.5 Å². The molecule has 1 aliphatic heterocycles. The zero-order valence-electron chi connectivity index (χ0n) is 20.2. The summed E-state index contributed by atoms with van der Waals surface area (Å²) in [7, 11) is 3.88. The Morgan fingerprint density at radius 3 is 2.67 bits per heavy atom. The van der Waals surface area contributed by atoms with Crippen LogP contribution in [-0.2, 0) is 18.4 Å². The first-order chi connectivity index (χ1) is 17.5. The van der Waals surface area contributed by atoms with Gasteiger partial charge in [0.2, 0.25) is 5.91 Å². The van der Waals surface area contributed by atoms with E-state index in [1.54, 1.807) is 6.33 Å². The summed E-state index contributed by atoms with van der Waals surface area (Å²) in [4.78, 5) is 35.8. The van der Waals surface area contributed by atoms with E-state index >= 15 is 0 Å². The molecule has 180 valence electrons. The fourth-order valence-electron chi connectivity index (χ4n) is 5.02. The molecule has 0 bridgehead atoms. The Morgan fingerprint density at radius 1 is 1.17 bits per heavy atom. The number of hydrogen-bond donors (Lipinski definition) is 2. The molecule has 1 saturated carbocycles. The molecule has 0 atom stereocenters. The monoisotopic (exact) mass is 478 g/mol. The van der Waals surface area contributed by atoms with Crippen LogP contribution in [-0.4, -0.2) is 44.3 Å². The number of hydrogen-bond acceptors (Lipinski definition) is 5. The van der Waals surface area contributed by atoms with Gasteiger partial charge in [-0.3, -0.25) is 9.59 Å². The smallest absolute Gasteiger partial charge is 0.253 e. The quantitative estimate of drug-likeness (QED) is 0.410. The van der Waals surface area contributed by atoms with Crippen LogP contribution in [0.5, 0.6) is 0 Å². The van der Waals surface area contributed by atoms with E-state index in [-0.39, 0.29) is 11.8 Å². The average Bonchev–Trinajstić information content (AvgIpc) is 3.72. The van der Waals surface area contributed by atoms with E-state index in [0.717, 1.165) is 57.6 Å². The molecule has 0 radical (unpaired) electrons. The molecule has 1 fully saturated rings. The number of nitrogens with one attached hydrogen (secondary N) is 2. The Hall–Kier alpha value is -4.46.